The molecule has 0 bridgehead atoms. The van der Waals surface area contributed by atoms with E-state index >= 15 is 0 Å². The van der Waals surface area contributed by atoms with Crippen LogP contribution in [0.2, 0.25) is 0 Å². The van der Waals surface area contributed by atoms with Gasteiger partial charge in [0.1, 0.15) is 0 Å². The van der Waals surface area contributed by atoms with E-state index in [4.69, 9.17) is 0 Å². The lowest BCUT2D eigenvalue weighted by Crippen LogP contribution is -2.22. The van der Waals surface area contributed by atoms with Crippen molar-refractivity contribution < 1.29 is 4.79 Å². The summed E-state index contributed by atoms with van der Waals surface area (Å²) in [7, 11) is 0. The van der Waals surface area contributed by atoms with Crippen molar-refractivity contribution in [1.82, 2.24) is 5.32 Å². The molecule has 0 aliphatic rings. The predicted molar refractivity (Wildman–Crippen MR) is 75.4 cm³/mol. The number of thiocarbonyl (C=S) groups is 1. The second-order valence-electron chi connectivity index (χ2n) is 5.28. The molecule has 0 saturated carbocycles. The van der Waals surface area contributed by atoms with Crippen LogP contribution in [-0.4, -0.2) is 23.2 Å². The van der Waals surface area contributed by atoms with Crippen LogP contribution in [0.3, 0.4) is 0 Å². The average molecular weight is 256 g/mol. The van der Waals surface area contributed by atoms with Crippen molar-refractivity contribution in [1.29, 1.82) is 0 Å². The molecule has 3 nitrogen and oxygen atoms in total. The maximum Gasteiger partial charge on any atom is 0.216 e. The van der Waals surface area contributed by atoms with E-state index in [9.17, 15) is 4.79 Å². The van der Waals surface area contributed by atoms with E-state index in [-0.39, 0.29) is 11.4 Å². The molecule has 98 valence electrons. The fourth-order valence-electron chi connectivity index (χ4n) is 1.70. The van der Waals surface area contributed by atoms with Crippen LogP contribution in [0.4, 0.5) is 0 Å². The van der Waals surface area contributed by atoms with E-state index in [1.54, 1.807) is 6.92 Å². The maximum atomic E-state index is 10.7. The number of amides is 1. The Hall–Kier alpha value is -0.730. The van der Waals surface area contributed by atoms with E-state index in [1.807, 2.05) is 0 Å². The van der Waals surface area contributed by atoms with Gasteiger partial charge in [-0.1, -0.05) is 19.8 Å². The first-order valence-corrected chi connectivity index (χ1v) is 6.61. The van der Waals surface area contributed by atoms with Crippen LogP contribution in [0.15, 0.2) is 4.99 Å². The highest BCUT2D eigenvalue weighted by molar-refractivity contribution is 7.78. The molecule has 17 heavy (non-hydrogen) atoms. The summed E-state index contributed by atoms with van der Waals surface area (Å²) in [6.07, 6.45) is 4.36. The topological polar surface area (TPSA) is 41.5 Å². The summed E-state index contributed by atoms with van der Waals surface area (Å²) < 4.78 is 0. The minimum Gasteiger partial charge on any atom is -0.356 e. The molecule has 1 atom stereocenters. The summed E-state index contributed by atoms with van der Waals surface area (Å²) in [5.74, 6) is 0.683. The van der Waals surface area contributed by atoms with E-state index in [1.165, 1.54) is 0 Å². The second kappa shape index (κ2) is 8.37. The van der Waals surface area contributed by atoms with Gasteiger partial charge in [0.25, 0.3) is 0 Å². The molecular formula is C13H24N2OS. The van der Waals surface area contributed by atoms with Gasteiger partial charge in [0.05, 0.1) is 10.7 Å². The zero-order valence-corrected chi connectivity index (χ0v) is 12.2. The summed E-state index contributed by atoms with van der Waals surface area (Å²) in [6.45, 7) is 8.70. The Kier molecular flexibility index (Phi) is 8.01. The van der Waals surface area contributed by atoms with Gasteiger partial charge in [0.2, 0.25) is 5.91 Å². The smallest absolute Gasteiger partial charge is 0.216 e. The van der Waals surface area contributed by atoms with Gasteiger partial charge in [0.15, 0.2) is 0 Å². The lowest BCUT2D eigenvalue weighted by molar-refractivity contribution is -0.118. The van der Waals surface area contributed by atoms with Crippen LogP contribution in [0.1, 0.15) is 53.4 Å². The van der Waals surface area contributed by atoms with Crippen LogP contribution in [0.5, 0.6) is 0 Å². The first-order chi connectivity index (χ1) is 7.87. The standard InChI is InChI=1S/C13H24N2OS/c1-11(7-9-14-12(2)16)6-5-8-13(3,4)15-10-17/h11H,5-9H2,1-4H3,(H,14,16). The Bertz CT molecular complexity index is 283. The van der Waals surface area contributed by atoms with Gasteiger partial charge >= 0.3 is 0 Å². The molecule has 0 spiro atoms. The van der Waals surface area contributed by atoms with E-state index < -0.39 is 0 Å². The molecule has 0 rings (SSSR count). The highest BCUT2D eigenvalue weighted by Gasteiger charge is 2.15. The highest BCUT2D eigenvalue weighted by atomic mass is 32.1. The lowest BCUT2D eigenvalue weighted by atomic mass is 9.93. The average Bonchev–Trinajstić information content (AvgIpc) is 2.16. The number of carbonyl (C=O) groups is 1. The minimum atomic E-state index is -0.0842. The van der Waals surface area contributed by atoms with Crippen molar-refractivity contribution in [2.24, 2.45) is 10.9 Å². The van der Waals surface area contributed by atoms with E-state index in [0.717, 1.165) is 32.2 Å². The number of nitrogens with one attached hydrogen (secondary N) is 1. The van der Waals surface area contributed by atoms with Crippen molar-refractivity contribution in [3.05, 3.63) is 0 Å². The Balaban J connectivity index is 3.67. The molecular weight excluding hydrogens is 232 g/mol. The molecule has 1 unspecified atom stereocenters. The number of hydrogen-bond donors (Lipinski definition) is 1. The number of hydrogen-bond acceptors (Lipinski definition) is 3. The van der Waals surface area contributed by atoms with Crippen LogP contribution >= 0.6 is 12.2 Å². The number of nitrogens with zero attached hydrogens (tertiary/aromatic N) is 1. The first kappa shape index (κ1) is 16.3. The van der Waals surface area contributed by atoms with Gasteiger partial charge in [-0.15, -0.1) is 0 Å². The molecule has 0 heterocycles. The molecule has 0 fully saturated rings. The van der Waals surface area contributed by atoms with Crippen LogP contribution in [0.25, 0.3) is 0 Å². The Morgan fingerprint density at radius 1 is 1.47 bits per heavy atom. The van der Waals surface area contributed by atoms with Crippen LogP contribution in [0, 0.1) is 5.92 Å². The zero-order chi connectivity index (χ0) is 13.3. The molecule has 0 aromatic rings. The molecule has 1 N–H and O–H groups in total. The van der Waals surface area contributed by atoms with Crippen molar-refractivity contribution in [2.45, 2.75) is 58.9 Å². The van der Waals surface area contributed by atoms with Gasteiger partial charge in [-0.3, -0.25) is 4.79 Å². The molecule has 4 heteroatoms. The fraction of sp³-hybridized carbons (Fsp3) is 0.846. The molecule has 1 amide bonds. The van der Waals surface area contributed by atoms with Gasteiger partial charge in [0, 0.05) is 13.5 Å². The summed E-state index contributed by atoms with van der Waals surface area (Å²) in [6, 6.07) is 0. The first-order valence-electron chi connectivity index (χ1n) is 6.21. The summed E-state index contributed by atoms with van der Waals surface area (Å²) >= 11 is 4.63. The Morgan fingerprint density at radius 3 is 2.65 bits per heavy atom. The third-order valence-corrected chi connectivity index (χ3v) is 2.94. The Labute approximate surface area is 110 Å². The highest BCUT2D eigenvalue weighted by Crippen LogP contribution is 2.20. The van der Waals surface area contributed by atoms with Gasteiger partial charge in [-0.05, 0) is 44.8 Å². The lowest BCUT2D eigenvalue weighted by Gasteiger charge is -2.19. The molecule has 0 aromatic carbocycles. The largest absolute Gasteiger partial charge is 0.356 e. The monoisotopic (exact) mass is 256 g/mol. The van der Waals surface area contributed by atoms with Crippen LogP contribution < -0.4 is 5.32 Å². The molecule has 0 saturated heterocycles. The van der Waals surface area contributed by atoms with Gasteiger partial charge < -0.3 is 5.32 Å². The van der Waals surface area contributed by atoms with E-state index in [2.05, 4.69) is 48.5 Å². The third-order valence-electron chi connectivity index (χ3n) is 2.84. The minimum absolute atomic E-state index is 0.0497. The summed E-state index contributed by atoms with van der Waals surface area (Å²) in [4.78, 5) is 14.8. The second-order valence-corrected chi connectivity index (χ2v) is 5.47. The number of aliphatic imine (C=N–C) groups is 1. The van der Waals surface area contributed by atoms with Gasteiger partial charge in [-0.2, -0.15) is 0 Å². The number of rotatable bonds is 8. The van der Waals surface area contributed by atoms with Gasteiger partial charge in [-0.25, -0.2) is 4.99 Å². The van der Waals surface area contributed by atoms with Crippen molar-refractivity contribution in [2.75, 3.05) is 6.54 Å². The quantitative estimate of drug-likeness (QED) is 0.535. The summed E-state index contributed by atoms with van der Waals surface area (Å²) in [5, 5.41) is 5.28. The van der Waals surface area contributed by atoms with E-state index in [0.29, 0.717) is 5.92 Å². The predicted octanol–water partition coefficient (Wildman–Crippen LogP) is 3.20. The van der Waals surface area contributed by atoms with Crippen molar-refractivity contribution in [3.8, 4) is 0 Å². The normalized spacial score (nSPS) is 12.7. The number of carbonyl (C=O) groups excluding carboxylic acids is 1. The maximum absolute atomic E-state index is 10.7. The molecule has 0 aromatic heterocycles. The third kappa shape index (κ3) is 10.2. The SMILES string of the molecule is CC(=O)NCCC(C)CCCC(C)(C)N=C=S. The molecule has 0 aliphatic heterocycles. The fourth-order valence-corrected chi connectivity index (χ4v) is 1.95. The van der Waals surface area contributed by atoms with Crippen molar-refractivity contribution >= 4 is 23.3 Å². The number of isothiocyanates is 1. The summed E-state index contributed by atoms with van der Waals surface area (Å²) in [5.41, 5.74) is -0.0842. The zero-order valence-electron chi connectivity index (χ0n) is 11.4. The molecule has 0 radical (unpaired) electrons. The van der Waals surface area contributed by atoms with Crippen LogP contribution in [-0.2, 0) is 4.79 Å². The molecule has 0 aliphatic carbocycles. The van der Waals surface area contributed by atoms with Crippen molar-refractivity contribution in [3.63, 3.8) is 0 Å². The Morgan fingerprint density at radius 2 is 2.12 bits per heavy atom.